The van der Waals surface area contributed by atoms with Crippen LogP contribution in [0.3, 0.4) is 0 Å². The lowest BCUT2D eigenvalue weighted by atomic mass is 9.89. The molecule has 166 valence electrons. The highest BCUT2D eigenvalue weighted by Crippen LogP contribution is 2.58. The molecule has 1 saturated carbocycles. The van der Waals surface area contributed by atoms with Crippen molar-refractivity contribution >= 4 is 11.4 Å². The second kappa shape index (κ2) is 8.36. The summed E-state index contributed by atoms with van der Waals surface area (Å²) < 4.78 is 6.28. The lowest BCUT2D eigenvalue weighted by Crippen LogP contribution is -2.49. The first-order valence-corrected chi connectivity index (χ1v) is 11.9. The summed E-state index contributed by atoms with van der Waals surface area (Å²) in [5.74, 6) is 0.985. The van der Waals surface area contributed by atoms with E-state index in [-0.39, 0.29) is 5.54 Å². The Kier molecular flexibility index (Phi) is 5.20. The van der Waals surface area contributed by atoms with Crippen molar-refractivity contribution in [3.63, 3.8) is 0 Å². The van der Waals surface area contributed by atoms with Crippen LogP contribution in [0.15, 0.2) is 102 Å². The minimum atomic E-state index is -0.00751. The van der Waals surface area contributed by atoms with E-state index in [1.165, 1.54) is 5.57 Å². The molecule has 2 aromatic rings. The Morgan fingerprint density at radius 1 is 1.06 bits per heavy atom. The number of allylic oxidation sites excluding steroid dienone is 4. The van der Waals surface area contributed by atoms with Crippen LogP contribution in [0.5, 0.6) is 0 Å². The van der Waals surface area contributed by atoms with Crippen molar-refractivity contribution in [2.24, 2.45) is 16.8 Å². The van der Waals surface area contributed by atoms with E-state index in [4.69, 9.17) is 9.73 Å². The molecule has 1 aromatic heterocycles. The Balaban J connectivity index is 1.35. The zero-order valence-electron chi connectivity index (χ0n) is 19.0. The van der Waals surface area contributed by atoms with E-state index in [0.29, 0.717) is 31.2 Å². The Hall–Kier alpha value is -3.08. The van der Waals surface area contributed by atoms with Crippen LogP contribution in [0.2, 0.25) is 0 Å². The van der Waals surface area contributed by atoms with Gasteiger partial charge in [0.05, 0.1) is 23.5 Å². The molecular formula is C29H29N3O. The van der Waals surface area contributed by atoms with Gasteiger partial charge in [-0.15, -0.1) is 0 Å². The normalized spacial score (nSPS) is 32.0. The number of pyridine rings is 1. The number of hydrogen-bond acceptors (Lipinski definition) is 4. The first kappa shape index (κ1) is 20.5. The van der Waals surface area contributed by atoms with Crippen molar-refractivity contribution in [3.05, 3.63) is 96.9 Å². The van der Waals surface area contributed by atoms with Gasteiger partial charge in [0.1, 0.15) is 6.73 Å². The summed E-state index contributed by atoms with van der Waals surface area (Å²) in [6, 6.07) is 12.8. The van der Waals surface area contributed by atoms with Gasteiger partial charge in [-0.1, -0.05) is 67.7 Å². The van der Waals surface area contributed by atoms with Crippen LogP contribution in [0, 0.1) is 11.8 Å². The monoisotopic (exact) mass is 435 g/mol. The summed E-state index contributed by atoms with van der Waals surface area (Å²) in [6.07, 6.45) is 21.9. The molecular weight excluding hydrogens is 406 g/mol. The van der Waals surface area contributed by atoms with Crippen molar-refractivity contribution in [1.82, 2.24) is 9.88 Å². The van der Waals surface area contributed by atoms with Gasteiger partial charge in [0.25, 0.3) is 0 Å². The fourth-order valence-corrected chi connectivity index (χ4v) is 5.66. The summed E-state index contributed by atoms with van der Waals surface area (Å²) in [4.78, 5) is 12.0. The Bertz CT molecular complexity index is 1180. The predicted molar refractivity (Wildman–Crippen MR) is 133 cm³/mol. The predicted octanol–water partition coefficient (Wildman–Crippen LogP) is 5.89. The van der Waals surface area contributed by atoms with Gasteiger partial charge in [0.15, 0.2) is 0 Å². The molecule has 1 aromatic carbocycles. The van der Waals surface area contributed by atoms with Crippen LogP contribution in [0.4, 0.5) is 5.69 Å². The average molecular weight is 436 g/mol. The fourth-order valence-electron chi connectivity index (χ4n) is 5.66. The van der Waals surface area contributed by atoms with Gasteiger partial charge in [-0.3, -0.25) is 14.9 Å². The molecule has 4 heteroatoms. The number of hydrogen-bond donors (Lipinski definition) is 0. The van der Waals surface area contributed by atoms with Gasteiger partial charge in [-0.2, -0.15) is 0 Å². The fraction of sp³-hybridized carbons (Fsp3) is 0.310. The second-order valence-corrected chi connectivity index (χ2v) is 9.43. The van der Waals surface area contributed by atoms with Crippen molar-refractivity contribution in [2.75, 3.05) is 13.3 Å². The van der Waals surface area contributed by atoms with Gasteiger partial charge in [-0.05, 0) is 53.7 Å². The second-order valence-electron chi connectivity index (χ2n) is 9.43. The minimum absolute atomic E-state index is 0.00751. The van der Waals surface area contributed by atoms with Gasteiger partial charge in [0.2, 0.25) is 0 Å². The third-order valence-electron chi connectivity index (χ3n) is 7.43. The van der Waals surface area contributed by atoms with Crippen molar-refractivity contribution < 1.29 is 4.74 Å². The SMILES string of the molecule is CC1C=CC=CC1N1COCC(=Nc2ccc(-c3cccnc3)cc2)C2=CCC=CC3CC231. The largest absolute Gasteiger partial charge is 0.360 e. The van der Waals surface area contributed by atoms with E-state index < -0.39 is 0 Å². The minimum Gasteiger partial charge on any atom is -0.360 e. The Morgan fingerprint density at radius 2 is 1.94 bits per heavy atom. The summed E-state index contributed by atoms with van der Waals surface area (Å²) in [7, 11) is 0. The third kappa shape index (κ3) is 3.64. The molecule has 4 atom stereocenters. The first-order valence-electron chi connectivity index (χ1n) is 11.9. The lowest BCUT2D eigenvalue weighted by molar-refractivity contribution is 0.00349. The van der Waals surface area contributed by atoms with Gasteiger partial charge < -0.3 is 4.74 Å². The van der Waals surface area contributed by atoms with E-state index in [9.17, 15) is 0 Å². The summed E-state index contributed by atoms with van der Waals surface area (Å²) in [6.45, 7) is 3.48. The summed E-state index contributed by atoms with van der Waals surface area (Å²) >= 11 is 0. The molecule has 6 rings (SSSR count). The number of rotatable bonds is 3. The maximum absolute atomic E-state index is 6.28. The van der Waals surface area contributed by atoms with Crippen molar-refractivity contribution in [2.45, 2.75) is 31.3 Å². The van der Waals surface area contributed by atoms with Gasteiger partial charge in [0, 0.05) is 24.4 Å². The maximum atomic E-state index is 6.28. The van der Waals surface area contributed by atoms with Crippen LogP contribution >= 0.6 is 0 Å². The number of ether oxygens (including phenoxy) is 1. The Labute approximate surface area is 195 Å². The molecule has 2 heterocycles. The van der Waals surface area contributed by atoms with E-state index >= 15 is 0 Å². The highest BCUT2D eigenvalue weighted by Gasteiger charge is 2.62. The molecule has 4 unspecified atom stereocenters. The standard InChI is InChI=1S/C29H29N3O/c1-21-7-2-5-11-28(21)32-20-33-19-27(26-10-4-3-9-24-17-29(24,26)32)31-25-14-12-22(13-15-25)23-8-6-16-30-18-23/h2-3,5-16,18,21,24,28H,4,17,19-20H2,1H3. The molecule has 3 aliphatic carbocycles. The number of aliphatic imine (C=N–C) groups is 1. The number of benzene rings is 1. The van der Waals surface area contributed by atoms with E-state index in [0.717, 1.165) is 35.4 Å². The summed E-state index contributed by atoms with van der Waals surface area (Å²) in [5, 5.41) is 0. The molecule has 1 aliphatic heterocycles. The maximum Gasteiger partial charge on any atom is 0.101 e. The zero-order valence-corrected chi connectivity index (χ0v) is 19.0. The highest BCUT2D eigenvalue weighted by atomic mass is 16.5. The highest BCUT2D eigenvalue weighted by molar-refractivity contribution is 6.05. The van der Waals surface area contributed by atoms with Crippen molar-refractivity contribution in [3.8, 4) is 11.1 Å². The molecule has 1 spiro atoms. The van der Waals surface area contributed by atoms with Crippen LogP contribution in [-0.2, 0) is 4.74 Å². The molecule has 1 saturated heterocycles. The third-order valence-corrected chi connectivity index (χ3v) is 7.43. The number of nitrogens with zero attached hydrogens (tertiary/aromatic N) is 3. The molecule has 0 amide bonds. The van der Waals surface area contributed by atoms with E-state index in [1.807, 2.05) is 12.3 Å². The number of aromatic nitrogens is 1. The molecule has 4 aliphatic rings. The van der Waals surface area contributed by atoms with Crippen LogP contribution in [-0.4, -0.2) is 40.5 Å². The zero-order chi connectivity index (χ0) is 22.3. The molecule has 2 fully saturated rings. The smallest absolute Gasteiger partial charge is 0.101 e. The molecule has 0 N–H and O–H groups in total. The topological polar surface area (TPSA) is 37.7 Å². The molecule has 33 heavy (non-hydrogen) atoms. The van der Waals surface area contributed by atoms with E-state index in [2.05, 4.69) is 89.7 Å². The van der Waals surface area contributed by atoms with Crippen LogP contribution in [0.25, 0.3) is 11.1 Å². The van der Waals surface area contributed by atoms with Crippen LogP contribution < -0.4 is 0 Å². The van der Waals surface area contributed by atoms with Gasteiger partial charge in [-0.25, -0.2) is 0 Å². The summed E-state index contributed by atoms with van der Waals surface area (Å²) in [5.41, 5.74) is 5.66. The molecule has 0 bridgehead atoms. The quantitative estimate of drug-likeness (QED) is 0.565. The van der Waals surface area contributed by atoms with Gasteiger partial charge >= 0.3 is 0 Å². The Morgan fingerprint density at radius 3 is 2.76 bits per heavy atom. The van der Waals surface area contributed by atoms with Crippen molar-refractivity contribution in [1.29, 1.82) is 0 Å². The first-order chi connectivity index (χ1) is 16.3. The molecule has 4 nitrogen and oxygen atoms in total. The average Bonchev–Trinajstić information content (AvgIpc) is 3.60. The van der Waals surface area contributed by atoms with E-state index in [1.54, 1.807) is 6.20 Å². The lowest BCUT2D eigenvalue weighted by Gasteiger charge is -2.40. The van der Waals surface area contributed by atoms with Crippen LogP contribution in [0.1, 0.15) is 19.8 Å². The molecule has 0 radical (unpaired) electrons.